The first-order valence-electron chi connectivity index (χ1n) is 7.96. The van der Waals surface area contributed by atoms with E-state index in [1.807, 2.05) is 18.2 Å². The molecule has 0 spiro atoms. The number of guanidine groups is 1. The van der Waals surface area contributed by atoms with Gasteiger partial charge in [0.1, 0.15) is 12.3 Å². The number of aromatic nitrogens is 1. The maximum Gasteiger partial charge on any atom is 0.191 e. The fourth-order valence-electron chi connectivity index (χ4n) is 2.56. The molecule has 2 aromatic heterocycles. The second kappa shape index (κ2) is 9.36. The second-order valence-corrected chi connectivity index (χ2v) is 5.31. The number of nitrogens with one attached hydrogen (secondary N) is 3. The van der Waals surface area contributed by atoms with Gasteiger partial charge in [-0.2, -0.15) is 0 Å². The molecule has 0 atom stereocenters. The molecule has 0 amide bonds. The smallest absolute Gasteiger partial charge is 0.191 e. The summed E-state index contributed by atoms with van der Waals surface area (Å²) in [5, 5.41) is 7.91. The number of rotatable bonds is 6. The van der Waals surface area contributed by atoms with E-state index in [2.05, 4.69) is 51.9 Å². The summed E-state index contributed by atoms with van der Waals surface area (Å²) in [6.07, 6.45) is 4.69. The van der Waals surface area contributed by atoms with Crippen molar-refractivity contribution in [2.75, 3.05) is 13.1 Å². The Labute approximate surface area is 159 Å². The quantitative estimate of drug-likeness (QED) is 0.313. The summed E-state index contributed by atoms with van der Waals surface area (Å²) in [7, 11) is 0. The minimum atomic E-state index is 0. The number of para-hydroxylation sites is 1. The fraction of sp³-hybridized carbons (Fsp3) is 0.278. The molecule has 0 saturated carbocycles. The molecule has 3 aromatic rings. The first-order valence-corrected chi connectivity index (χ1v) is 7.96. The monoisotopic (exact) mass is 438 g/mol. The number of nitrogens with zero attached hydrogens (tertiary/aromatic N) is 1. The Morgan fingerprint density at radius 1 is 1.17 bits per heavy atom. The van der Waals surface area contributed by atoms with Gasteiger partial charge in [0.2, 0.25) is 0 Å². The van der Waals surface area contributed by atoms with Gasteiger partial charge in [0, 0.05) is 30.2 Å². The summed E-state index contributed by atoms with van der Waals surface area (Å²) in [5.41, 5.74) is 2.50. The number of fused-ring (bicyclic) bond motifs is 1. The van der Waals surface area contributed by atoms with Gasteiger partial charge in [-0.3, -0.25) is 0 Å². The van der Waals surface area contributed by atoms with E-state index in [1.165, 1.54) is 16.5 Å². The number of H-pyrrole nitrogens is 1. The first-order chi connectivity index (χ1) is 11.4. The van der Waals surface area contributed by atoms with Crippen molar-refractivity contribution in [2.24, 2.45) is 4.99 Å². The predicted octanol–water partition coefficient (Wildman–Crippen LogP) is 3.68. The zero-order valence-corrected chi connectivity index (χ0v) is 16.0. The van der Waals surface area contributed by atoms with Crippen LogP contribution in [0.25, 0.3) is 10.9 Å². The van der Waals surface area contributed by atoms with Crippen LogP contribution in [0.4, 0.5) is 0 Å². The molecule has 3 N–H and O–H groups in total. The molecule has 0 aliphatic carbocycles. The van der Waals surface area contributed by atoms with Gasteiger partial charge in [0.15, 0.2) is 5.96 Å². The van der Waals surface area contributed by atoms with Crippen molar-refractivity contribution in [3.8, 4) is 0 Å². The Morgan fingerprint density at radius 2 is 2.04 bits per heavy atom. The standard InChI is InChI=1S/C18H22N4O.HI/c1-2-19-18(22-13-15-6-5-11-23-15)20-10-9-14-12-21-17-8-4-3-7-16(14)17;/h3-8,11-12,21H,2,9-10,13H2,1H3,(H2,19,20,22);1H. The molecule has 2 heterocycles. The third-order valence-electron chi connectivity index (χ3n) is 3.68. The molecule has 3 rings (SSSR count). The van der Waals surface area contributed by atoms with Gasteiger partial charge in [-0.1, -0.05) is 18.2 Å². The number of hydrogen-bond acceptors (Lipinski definition) is 2. The van der Waals surface area contributed by atoms with Gasteiger partial charge >= 0.3 is 0 Å². The number of aromatic amines is 1. The Balaban J connectivity index is 0.00000208. The van der Waals surface area contributed by atoms with Crippen LogP contribution in [0.5, 0.6) is 0 Å². The van der Waals surface area contributed by atoms with Crippen molar-refractivity contribution >= 4 is 40.8 Å². The molecule has 0 bridgehead atoms. The predicted molar refractivity (Wildman–Crippen MR) is 109 cm³/mol. The van der Waals surface area contributed by atoms with Crippen molar-refractivity contribution in [2.45, 2.75) is 19.9 Å². The van der Waals surface area contributed by atoms with Crippen LogP contribution in [0, 0.1) is 0 Å². The third kappa shape index (κ3) is 4.77. The molecule has 0 aliphatic rings. The van der Waals surface area contributed by atoms with E-state index >= 15 is 0 Å². The van der Waals surface area contributed by atoms with Crippen molar-refractivity contribution in [1.82, 2.24) is 15.6 Å². The SMILES string of the molecule is CCNC(=NCc1ccco1)NCCc1c[nH]c2ccccc12.I. The van der Waals surface area contributed by atoms with Crippen LogP contribution in [0.1, 0.15) is 18.2 Å². The molecular weight excluding hydrogens is 415 g/mol. The summed E-state index contributed by atoms with van der Waals surface area (Å²) in [6, 6.07) is 12.2. The summed E-state index contributed by atoms with van der Waals surface area (Å²) in [5.74, 6) is 1.67. The van der Waals surface area contributed by atoms with Crippen molar-refractivity contribution in [3.05, 3.63) is 60.2 Å². The lowest BCUT2D eigenvalue weighted by atomic mass is 10.1. The normalized spacial score (nSPS) is 11.3. The Morgan fingerprint density at radius 3 is 2.83 bits per heavy atom. The highest BCUT2D eigenvalue weighted by molar-refractivity contribution is 14.0. The lowest BCUT2D eigenvalue weighted by molar-refractivity contribution is 0.512. The fourth-order valence-corrected chi connectivity index (χ4v) is 2.56. The van der Waals surface area contributed by atoms with Crippen LogP contribution in [0.3, 0.4) is 0 Å². The van der Waals surface area contributed by atoms with Crippen LogP contribution < -0.4 is 10.6 Å². The van der Waals surface area contributed by atoms with Gasteiger partial charge in [0.25, 0.3) is 0 Å². The minimum Gasteiger partial charge on any atom is -0.467 e. The second-order valence-electron chi connectivity index (χ2n) is 5.31. The average Bonchev–Trinajstić information content (AvgIpc) is 3.22. The van der Waals surface area contributed by atoms with Crippen molar-refractivity contribution in [1.29, 1.82) is 0 Å². The molecule has 0 saturated heterocycles. The highest BCUT2D eigenvalue weighted by Crippen LogP contribution is 2.17. The van der Waals surface area contributed by atoms with E-state index in [-0.39, 0.29) is 24.0 Å². The van der Waals surface area contributed by atoms with E-state index in [9.17, 15) is 0 Å². The molecule has 0 unspecified atom stereocenters. The number of aliphatic imine (C=N–C) groups is 1. The van der Waals surface area contributed by atoms with Crippen molar-refractivity contribution in [3.63, 3.8) is 0 Å². The molecule has 0 radical (unpaired) electrons. The zero-order chi connectivity index (χ0) is 15.9. The van der Waals surface area contributed by atoms with Crippen LogP contribution >= 0.6 is 24.0 Å². The minimum absolute atomic E-state index is 0. The maximum atomic E-state index is 5.31. The molecular formula is C18H23IN4O. The highest BCUT2D eigenvalue weighted by atomic mass is 127. The van der Waals surface area contributed by atoms with Gasteiger partial charge < -0.3 is 20.0 Å². The van der Waals surface area contributed by atoms with Crippen LogP contribution in [-0.2, 0) is 13.0 Å². The molecule has 128 valence electrons. The third-order valence-corrected chi connectivity index (χ3v) is 3.68. The molecule has 5 nitrogen and oxygen atoms in total. The van der Waals surface area contributed by atoms with E-state index in [4.69, 9.17) is 4.42 Å². The van der Waals surface area contributed by atoms with E-state index in [0.29, 0.717) is 6.54 Å². The summed E-state index contributed by atoms with van der Waals surface area (Å²) in [4.78, 5) is 7.84. The lowest BCUT2D eigenvalue weighted by Crippen LogP contribution is -2.38. The maximum absolute atomic E-state index is 5.31. The molecule has 24 heavy (non-hydrogen) atoms. The van der Waals surface area contributed by atoms with Crippen LogP contribution in [0.15, 0.2) is 58.3 Å². The van der Waals surface area contributed by atoms with Crippen molar-refractivity contribution < 1.29 is 4.42 Å². The highest BCUT2D eigenvalue weighted by Gasteiger charge is 2.03. The Kier molecular flexibility index (Phi) is 7.17. The molecule has 6 heteroatoms. The van der Waals surface area contributed by atoms with E-state index < -0.39 is 0 Å². The molecule has 0 fully saturated rings. The number of hydrogen-bond donors (Lipinski definition) is 3. The first kappa shape index (κ1) is 18.4. The summed E-state index contributed by atoms with van der Waals surface area (Å²) < 4.78 is 5.31. The van der Waals surface area contributed by atoms with Crippen LogP contribution in [-0.4, -0.2) is 24.0 Å². The molecule has 1 aromatic carbocycles. The van der Waals surface area contributed by atoms with Gasteiger partial charge in [-0.15, -0.1) is 24.0 Å². The van der Waals surface area contributed by atoms with E-state index in [1.54, 1.807) is 6.26 Å². The Hall–Kier alpha value is -1.96. The van der Waals surface area contributed by atoms with Crippen LogP contribution in [0.2, 0.25) is 0 Å². The summed E-state index contributed by atoms with van der Waals surface area (Å²) in [6.45, 7) is 4.25. The lowest BCUT2D eigenvalue weighted by Gasteiger charge is -2.10. The zero-order valence-electron chi connectivity index (χ0n) is 13.7. The van der Waals surface area contributed by atoms with Gasteiger partial charge in [-0.05, 0) is 37.1 Å². The van der Waals surface area contributed by atoms with Gasteiger partial charge in [-0.25, -0.2) is 4.99 Å². The topological polar surface area (TPSA) is 65.3 Å². The Bertz CT molecular complexity index is 764. The number of benzene rings is 1. The molecule has 0 aliphatic heterocycles. The van der Waals surface area contributed by atoms with E-state index in [0.717, 1.165) is 31.2 Å². The number of furan rings is 1. The summed E-state index contributed by atoms with van der Waals surface area (Å²) >= 11 is 0. The number of halogens is 1. The van der Waals surface area contributed by atoms with Gasteiger partial charge in [0.05, 0.1) is 6.26 Å². The average molecular weight is 438 g/mol. The largest absolute Gasteiger partial charge is 0.467 e.